The van der Waals surface area contributed by atoms with Gasteiger partial charge in [-0.2, -0.15) is 0 Å². The Labute approximate surface area is 166 Å². The van der Waals surface area contributed by atoms with Crippen molar-refractivity contribution in [2.24, 2.45) is 0 Å². The first-order valence-electron chi connectivity index (χ1n) is 10.3. The molecule has 0 bridgehead atoms. The topological polar surface area (TPSA) is 26.8 Å². The number of nitrogens with zero attached hydrogens (tertiary/aromatic N) is 3. The van der Waals surface area contributed by atoms with Crippen LogP contribution in [0.15, 0.2) is 48.5 Å². The Kier molecular flexibility index (Phi) is 5.79. The van der Waals surface area contributed by atoms with Crippen LogP contribution in [0.1, 0.15) is 24.8 Å². The highest BCUT2D eigenvalue weighted by atomic mass is 19.1. The van der Waals surface area contributed by atoms with Crippen LogP contribution in [0.3, 0.4) is 0 Å². The number of anilines is 2. The number of carbonyl (C=O) groups is 1. The lowest BCUT2D eigenvalue weighted by Crippen LogP contribution is -2.49. The molecule has 2 aliphatic rings. The van der Waals surface area contributed by atoms with Crippen LogP contribution in [0.25, 0.3) is 0 Å². The molecule has 2 aromatic carbocycles. The van der Waals surface area contributed by atoms with Crippen molar-refractivity contribution in [3.8, 4) is 0 Å². The Morgan fingerprint density at radius 1 is 0.786 bits per heavy atom. The van der Waals surface area contributed by atoms with Gasteiger partial charge in [0.15, 0.2) is 0 Å². The van der Waals surface area contributed by atoms with Crippen LogP contribution in [-0.2, 0) is 11.2 Å². The molecule has 0 unspecified atom stereocenters. The van der Waals surface area contributed by atoms with Crippen molar-refractivity contribution >= 4 is 17.3 Å². The molecule has 4 nitrogen and oxygen atoms in total. The molecule has 0 atom stereocenters. The molecule has 0 saturated carbocycles. The molecule has 0 N–H and O–H groups in total. The van der Waals surface area contributed by atoms with E-state index in [-0.39, 0.29) is 18.1 Å². The molecule has 0 radical (unpaired) electrons. The number of hydrogen-bond donors (Lipinski definition) is 0. The molecule has 1 amide bonds. The van der Waals surface area contributed by atoms with Gasteiger partial charge < -0.3 is 14.7 Å². The highest BCUT2D eigenvalue weighted by Crippen LogP contribution is 2.24. The number of rotatable bonds is 4. The number of benzene rings is 2. The molecule has 4 rings (SSSR count). The van der Waals surface area contributed by atoms with Gasteiger partial charge in [0.05, 0.1) is 6.42 Å². The lowest BCUT2D eigenvalue weighted by molar-refractivity contribution is -0.130. The summed E-state index contributed by atoms with van der Waals surface area (Å²) in [4.78, 5) is 19.2. The van der Waals surface area contributed by atoms with E-state index in [4.69, 9.17) is 0 Å². The standard InChI is InChI=1S/C23H28FN3O/c24-20-6-4-5-19(17-20)18-23(28)27-15-13-26(14-16-27)22-9-7-21(8-10-22)25-11-2-1-3-12-25/h4-10,17H,1-3,11-16,18H2. The number of piperazine rings is 1. The molecule has 148 valence electrons. The predicted molar refractivity (Wildman–Crippen MR) is 111 cm³/mol. The molecule has 0 aromatic heterocycles. The Morgan fingerprint density at radius 2 is 1.39 bits per heavy atom. The molecule has 2 fully saturated rings. The minimum Gasteiger partial charge on any atom is -0.372 e. The molecule has 0 spiro atoms. The largest absolute Gasteiger partial charge is 0.372 e. The maximum Gasteiger partial charge on any atom is 0.227 e. The van der Waals surface area contributed by atoms with Crippen molar-refractivity contribution in [3.63, 3.8) is 0 Å². The highest BCUT2D eigenvalue weighted by molar-refractivity contribution is 5.79. The van der Waals surface area contributed by atoms with E-state index in [9.17, 15) is 9.18 Å². The van der Waals surface area contributed by atoms with Gasteiger partial charge in [0.25, 0.3) is 0 Å². The van der Waals surface area contributed by atoms with Crippen molar-refractivity contribution in [1.82, 2.24) is 4.90 Å². The summed E-state index contributed by atoms with van der Waals surface area (Å²) in [6, 6.07) is 15.2. The Bertz CT molecular complexity index is 794. The molecule has 0 aliphatic carbocycles. The van der Waals surface area contributed by atoms with Crippen LogP contribution >= 0.6 is 0 Å². The number of hydrogen-bond acceptors (Lipinski definition) is 3. The summed E-state index contributed by atoms with van der Waals surface area (Å²) in [5, 5.41) is 0. The summed E-state index contributed by atoms with van der Waals surface area (Å²) in [5.41, 5.74) is 3.27. The molecule has 28 heavy (non-hydrogen) atoms. The van der Waals surface area contributed by atoms with Gasteiger partial charge in [-0.25, -0.2) is 4.39 Å². The maximum atomic E-state index is 13.3. The van der Waals surface area contributed by atoms with E-state index in [2.05, 4.69) is 34.1 Å². The summed E-state index contributed by atoms with van der Waals surface area (Å²) >= 11 is 0. The summed E-state index contributed by atoms with van der Waals surface area (Å²) in [6.45, 7) is 5.40. The van der Waals surface area contributed by atoms with Gasteiger partial charge in [0.2, 0.25) is 5.91 Å². The third kappa shape index (κ3) is 4.46. The molecule has 2 heterocycles. The lowest BCUT2D eigenvalue weighted by Gasteiger charge is -2.36. The predicted octanol–water partition coefficient (Wildman–Crippen LogP) is 3.71. The second-order valence-electron chi connectivity index (χ2n) is 7.74. The van der Waals surface area contributed by atoms with Crippen molar-refractivity contribution in [1.29, 1.82) is 0 Å². The zero-order chi connectivity index (χ0) is 19.3. The summed E-state index contributed by atoms with van der Waals surface area (Å²) in [7, 11) is 0. The number of piperidine rings is 1. The number of amides is 1. The van der Waals surface area contributed by atoms with Gasteiger partial charge in [-0.3, -0.25) is 4.79 Å². The average Bonchev–Trinajstić information content (AvgIpc) is 2.75. The van der Waals surface area contributed by atoms with Gasteiger partial charge in [-0.15, -0.1) is 0 Å². The quantitative estimate of drug-likeness (QED) is 0.808. The normalized spacial score (nSPS) is 17.7. The molecular weight excluding hydrogens is 353 g/mol. The summed E-state index contributed by atoms with van der Waals surface area (Å²) in [6.07, 6.45) is 4.18. The van der Waals surface area contributed by atoms with Crippen LogP contribution in [-0.4, -0.2) is 50.1 Å². The summed E-state index contributed by atoms with van der Waals surface area (Å²) in [5.74, 6) is -0.214. The first kappa shape index (κ1) is 18.8. The minimum absolute atomic E-state index is 0.0747. The second-order valence-corrected chi connectivity index (χ2v) is 7.74. The van der Waals surface area contributed by atoms with E-state index < -0.39 is 0 Å². The SMILES string of the molecule is O=C(Cc1cccc(F)c1)N1CCN(c2ccc(N3CCCCC3)cc2)CC1. The zero-order valence-corrected chi connectivity index (χ0v) is 16.3. The minimum atomic E-state index is -0.289. The van der Waals surface area contributed by atoms with E-state index in [0.29, 0.717) is 13.1 Å². The fourth-order valence-corrected chi connectivity index (χ4v) is 4.17. The van der Waals surface area contributed by atoms with Crippen molar-refractivity contribution in [3.05, 3.63) is 59.9 Å². The monoisotopic (exact) mass is 381 g/mol. The first-order valence-corrected chi connectivity index (χ1v) is 10.3. The number of carbonyl (C=O) groups excluding carboxylic acids is 1. The van der Waals surface area contributed by atoms with Gasteiger partial charge in [0, 0.05) is 50.6 Å². The third-order valence-corrected chi connectivity index (χ3v) is 5.81. The molecule has 5 heteroatoms. The third-order valence-electron chi connectivity index (χ3n) is 5.81. The van der Waals surface area contributed by atoms with Crippen LogP contribution in [0.4, 0.5) is 15.8 Å². The van der Waals surface area contributed by atoms with Gasteiger partial charge in [-0.05, 0) is 61.2 Å². The fourth-order valence-electron chi connectivity index (χ4n) is 4.17. The van der Waals surface area contributed by atoms with E-state index in [1.807, 2.05) is 4.90 Å². The second kappa shape index (κ2) is 8.63. The van der Waals surface area contributed by atoms with Crippen LogP contribution in [0.2, 0.25) is 0 Å². The van der Waals surface area contributed by atoms with Gasteiger partial charge in [-0.1, -0.05) is 12.1 Å². The highest BCUT2D eigenvalue weighted by Gasteiger charge is 2.21. The van der Waals surface area contributed by atoms with Crippen LogP contribution in [0.5, 0.6) is 0 Å². The van der Waals surface area contributed by atoms with Crippen molar-refractivity contribution < 1.29 is 9.18 Å². The molecular formula is C23H28FN3O. The smallest absolute Gasteiger partial charge is 0.227 e. The van der Waals surface area contributed by atoms with E-state index in [0.717, 1.165) is 31.7 Å². The Hall–Kier alpha value is -2.56. The van der Waals surface area contributed by atoms with Crippen molar-refractivity contribution in [2.45, 2.75) is 25.7 Å². The first-order chi connectivity index (χ1) is 13.7. The fraction of sp³-hybridized carbons (Fsp3) is 0.435. The summed E-state index contributed by atoms with van der Waals surface area (Å²) < 4.78 is 13.3. The molecule has 2 aromatic rings. The number of halogens is 1. The maximum absolute atomic E-state index is 13.3. The Morgan fingerprint density at radius 3 is 2.00 bits per heavy atom. The van der Waals surface area contributed by atoms with Gasteiger partial charge in [0.1, 0.15) is 5.82 Å². The van der Waals surface area contributed by atoms with E-state index in [1.165, 1.54) is 42.8 Å². The molecule has 2 saturated heterocycles. The van der Waals surface area contributed by atoms with Crippen LogP contribution in [0, 0.1) is 5.82 Å². The van der Waals surface area contributed by atoms with E-state index >= 15 is 0 Å². The van der Waals surface area contributed by atoms with Gasteiger partial charge >= 0.3 is 0 Å². The lowest BCUT2D eigenvalue weighted by atomic mass is 10.1. The molecule has 2 aliphatic heterocycles. The van der Waals surface area contributed by atoms with E-state index in [1.54, 1.807) is 12.1 Å². The van der Waals surface area contributed by atoms with Crippen LogP contribution < -0.4 is 9.80 Å². The average molecular weight is 381 g/mol. The zero-order valence-electron chi connectivity index (χ0n) is 16.3. The Balaban J connectivity index is 1.30. The van der Waals surface area contributed by atoms with Crippen molar-refractivity contribution in [2.75, 3.05) is 49.1 Å².